The molecular formula is C19H30N2O4. The average Bonchev–Trinajstić information content (AvgIpc) is 3.04. The number of hydrogen-bond acceptors (Lipinski definition) is 4. The number of carbonyl (C=O) groups is 3. The highest BCUT2D eigenvalue weighted by molar-refractivity contribution is 5.89. The van der Waals surface area contributed by atoms with E-state index in [9.17, 15) is 14.4 Å². The van der Waals surface area contributed by atoms with Gasteiger partial charge in [-0.15, -0.1) is 0 Å². The number of esters is 1. The predicted molar refractivity (Wildman–Crippen MR) is 92.6 cm³/mol. The van der Waals surface area contributed by atoms with Gasteiger partial charge in [-0.2, -0.15) is 0 Å². The Morgan fingerprint density at radius 2 is 1.80 bits per heavy atom. The second kappa shape index (κ2) is 8.19. The van der Waals surface area contributed by atoms with Crippen LogP contribution < -0.4 is 0 Å². The molecule has 6 heteroatoms. The molecule has 2 heterocycles. The number of nitrogens with zero attached hydrogens (tertiary/aromatic N) is 2. The van der Waals surface area contributed by atoms with Crippen molar-refractivity contribution in [2.45, 2.75) is 64.3 Å². The molecule has 1 aliphatic carbocycles. The van der Waals surface area contributed by atoms with Crippen LogP contribution in [0.25, 0.3) is 0 Å². The maximum atomic E-state index is 12.9. The molecule has 0 bridgehead atoms. The Labute approximate surface area is 149 Å². The maximum Gasteiger partial charge on any atom is 0.310 e. The molecule has 0 spiro atoms. The number of likely N-dealkylation sites (tertiary alicyclic amines) is 2. The Morgan fingerprint density at radius 1 is 1.04 bits per heavy atom. The Hall–Kier alpha value is -1.59. The van der Waals surface area contributed by atoms with Crippen LogP contribution in [-0.4, -0.2) is 59.9 Å². The highest BCUT2D eigenvalue weighted by atomic mass is 16.5. The third kappa shape index (κ3) is 4.15. The van der Waals surface area contributed by atoms with Crippen molar-refractivity contribution in [2.75, 3.05) is 26.2 Å². The van der Waals surface area contributed by atoms with E-state index >= 15 is 0 Å². The zero-order chi connectivity index (χ0) is 17.8. The fraction of sp³-hybridized carbons (Fsp3) is 0.842. The first-order valence-corrected chi connectivity index (χ1v) is 9.85. The normalized spacial score (nSPS) is 28.3. The van der Waals surface area contributed by atoms with Gasteiger partial charge in [-0.1, -0.05) is 19.3 Å². The third-order valence-electron chi connectivity index (χ3n) is 5.88. The molecule has 0 aromatic rings. The second-order valence-electron chi connectivity index (χ2n) is 7.61. The summed E-state index contributed by atoms with van der Waals surface area (Å²) in [6.45, 7) is 3.85. The van der Waals surface area contributed by atoms with Gasteiger partial charge in [0.05, 0.1) is 18.4 Å². The fourth-order valence-electron chi connectivity index (χ4n) is 4.53. The van der Waals surface area contributed by atoms with Crippen molar-refractivity contribution in [2.24, 2.45) is 11.8 Å². The summed E-state index contributed by atoms with van der Waals surface area (Å²) in [6, 6.07) is 0.327. The summed E-state index contributed by atoms with van der Waals surface area (Å²) in [6.07, 6.45) is 7.69. The maximum absolute atomic E-state index is 12.9. The summed E-state index contributed by atoms with van der Waals surface area (Å²) in [7, 11) is 0. The van der Waals surface area contributed by atoms with Crippen LogP contribution in [0.1, 0.15) is 58.3 Å². The lowest BCUT2D eigenvalue weighted by atomic mass is 9.94. The molecule has 25 heavy (non-hydrogen) atoms. The van der Waals surface area contributed by atoms with E-state index in [1.165, 1.54) is 19.3 Å². The highest BCUT2D eigenvalue weighted by Gasteiger charge is 2.41. The van der Waals surface area contributed by atoms with Gasteiger partial charge in [-0.05, 0) is 32.6 Å². The molecule has 2 saturated heterocycles. The Kier molecular flexibility index (Phi) is 5.97. The molecule has 2 unspecified atom stereocenters. The molecule has 6 nitrogen and oxygen atoms in total. The quantitative estimate of drug-likeness (QED) is 0.727. The van der Waals surface area contributed by atoms with E-state index in [0.29, 0.717) is 38.7 Å². The van der Waals surface area contributed by atoms with Gasteiger partial charge in [-0.25, -0.2) is 0 Å². The Bertz CT molecular complexity index is 516. The summed E-state index contributed by atoms with van der Waals surface area (Å²) < 4.78 is 5.11. The van der Waals surface area contributed by atoms with E-state index in [0.717, 1.165) is 25.7 Å². The van der Waals surface area contributed by atoms with Crippen LogP contribution in [0.2, 0.25) is 0 Å². The number of piperidine rings is 1. The van der Waals surface area contributed by atoms with Crippen molar-refractivity contribution < 1.29 is 19.1 Å². The van der Waals surface area contributed by atoms with Gasteiger partial charge in [-0.3, -0.25) is 14.4 Å². The Balaban J connectivity index is 1.57. The second-order valence-corrected chi connectivity index (χ2v) is 7.61. The van der Waals surface area contributed by atoms with Crippen molar-refractivity contribution in [3.8, 4) is 0 Å². The molecule has 3 aliphatic rings. The molecule has 0 aromatic carbocycles. The molecule has 2 amide bonds. The van der Waals surface area contributed by atoms with Gasteiger partial charge < -0.3 is 14.5 Å². The first kappa shape index (κ1) is 18.2. The molecule has 1 saturated carbocycles. The number of amides is 2. The van der Waals surface area contributed by atoms with Crippen LogP contribution in [0.15, 0.2) is 0 Å². The SMILES string of the molecule is CCOC(=O)C1CCCN(C(=O)C2CC(=O)N(C3CCCCC3)C2)C1. The number of hydrogen-bond donors (Lipinski definition) is 0. The average molecular weight is 350 g/mol. The molecule has 3 rings (SSSR count). The summed E-state index contributed by atoms with van der Waals surface area (Å²) in [5.41, 5.74) is 0. The van der Waals surface area contributed by atoms with Gasteiger partial charge in [0, 0.05) is 32.1 Å². The standard InChI is InChI=1S/C19H30N2O4/c1-2-25-19(24)14-7-6-10-20(12-14)18(23)15-11-17(22)21(13-15)16-8-4-3-5-9-16/h14-16H,2-13H2,1H3. The lowest BCUT2D eigenvalue weighted by molar-refractivity contribution is -0.152. The Morgan fingerprint density at radius 3 is 2.52 bits per heavy atom. The van der Waals surface area contributed by atoms with Crippen molar-refractivity contribution in [1.29, 1.82) is 0 Å². The van der Waals surface area contributed by atoms with E-state index in [4.69, 9.17) is 4.74 Å². The summed E-state index contributed by atoms with van der Waals surface area (Å²) in [5, 5.41) is 0. The van der Waals surface area contributed by atoms with Crippen LogP contribution in [0.5, 0.6) is 0 Å². The van der Waals surface area contributed by atoms with E-state index in [2.05, 4.69) is 0 Å². The van der Waals surface area contributed by atoms with Gasteiger partial charge in [0.25, 0.3) is 0 Å². The molecule has 140 valence electrons. The summed E-state index contributed by atoms with van der Waals surface area (Å²) in [4.78, 5) is 41.0. The van der Waals surface area contributed by atoms with Crippen molar-refractivity contribution >= 4 is 17.8 Å². The predicted octanol–water partition coefficient (Wildman–Crippen LogP) is 1.97. The van der Waals surface area contributed by atoms with E-state index in [1.54, 1.807) is 11.8 Å². The summed E-state index contributed by atoms with van der Waals surface area (Å²) in [5.74, 6) is -0.490. The van der Waals surface area contributed by atoms with E-state index < -0.39 is 0 Å². The van der Waals surface area contributed by atoms with Crippen LogP contribution in [0.4, 0.5) is 0 Å². The monoisotopic (exact) mass is 350 g/mol. The first-order chi connectivity index (χ1) is 12.1. The molecule has 0 aromatic heterocycles. The zero-order valence-electron chi connectivity index (χ0n) is 15.2. The minimum absolute atomic E-state index is 0.0423. The lowest BCUT2D eigenvalue weighted by Crippen LogP contribution is -2.46. The van der Waals surface area contributed by atoms with Crippen molar-refractivity contribution in [3.63, 3.8) is 0 Å². The topological polar surface area (TPSA) is 66.9 Å². The van der Waals surface area contributed by atoms with Crippen molar-refractivity contribution in [1.82, 2.24) is 9.80 Å². The zero-order valence-corrected chi connectivity index (χ0v) is 15.2. The molecule has 0 radical (unpaired) electrons. The minimum Gasteiger partial charge on any atom is -0.466 e. The third-order valence-corrected chi connectivity index (χ3v) is 5.88. The number of rotatable bonds is 4. The van der Waals surface area contributed by atoms with E-state index in [-0.39, 0.29) is 29.6 Å². The molecule has 3 fully saturated rings. The first-order valence-electron chi connectivity index (χ1n) is 9.85. The molecule has 2 aliphatic heterocycles. The smallest absolute Gasteiger partial charge is 0.310 e. The lowest BCUT2D eigenvalue weighted by Gasteiger charge is -2.34. The van der Waals surface area contributed by atoms with Gasteiger partial charge in [0.2, 0.25) is 11.8 Å². The van der Waals surface area contributed by atoms with Crippen LogP contribution in [0, 0.1) is 11.8 Å². The van der Waals surface area contributed by atoms with Crippen LogP contribution in [-0.2, 0) is 19.1 Å². The largest absolute Gasteiger partial charge is 0.466 e. The molecule has 0 N–H and O–H groups in total. The fourth-order valence-corrected chi connectivity index (χ4v) is 4.53. The number of carbonyl (C=O) groups excluding carboxylic acids is 3. The molecule has 2 atom stereocenters. The van der Waals surface area contributed by atoms with Crippen molar-refractivity contribution in [3.05, 3.63) is 0 Å². The minimum atomic E-state index is -0.240. The summed E-state index contributed by atoms with van der Waals surface area (Å²) >= 11 is 0. The van der Waals surface area contributed by atoms with E-state index in [1.807, 2.05) is 4.90 Å². The number of ether oxygens (including phenoxy) is 1. The van der Waals surface area contributed by atoms with Gasteiger partial charge in [0.1, 0.15) is 0 Å². The van der Waals surface area contributed by atoms with Crippen LogP contribution >= 0.6 is 0 Å². The van der Waals surface area contributed by atoms with Gasteiger partial charge >= 0.3 is 5.97 Å². The molecular weight excluding hydrogens is 320 g/mol. The van der Waals surface area contributed by atoms with Crippen LogP contribution in [0.3, 0.4) is 0 Å². The highest BCUT2D eigenvalue weighted by Crippen LogP contribution is 2.30. The van der Waals surface area contributed by atoms with Gasteiger partial charge in [0.15, 0.2) is 0 Å².